The molecule has 0 saturated carbocycles. The number of ether oxygens (including phenoxy) is 2. The fraction of sp³-hybridized carbons (Fsp3) is 0.941. The van der Waals surface area contributed by atoms with Crippen LogP contribution < -0.4 is 5.73 Å². The molecule has 0 aliphatic carbocycles. The molecule has 2 fully saturated rings. The SMILES string of the molecule is CC(C)C(CCN)CCC(=O)C1CCOC2(CCOC2)C1. The first-order valence-electron chi connectivity index (χ1n) is 8.51. The molecule has 1 spiro atoms. The van der Waals surface area contributed by atoms with Crippen LogP contribution in [0.4, 0.5) is 0 Å². The lowest BCUT2D eigenvalue weighted by atomic mass is 9.80. The zero-order valence-corrected chi connectivity index (χ0v) is 13.6. The number of carbonyl (C=O) groups excluding carboxylic acids is 1. The highest BCUT2D eigenvalue weighted by atomic mass is 16.6. The predicted octanol–water partition coefficient (Wildman–Crippen LogP) is 2.54. The molecule has 21 heavy (non-hydrogen) atoms. The first-order valence-corrected chi connectivity index (χ1v) is 8.51. The minimum Gasteiger partial charge on any atom is -0.378 e. The maximum Gasteiger partial charge on any atom is 0.136 e. The van der Waals surface area contributed by atoms with Crippen molar-refractivity contribution in [1.82, 2.24) is 0 Å². The number of Topliss-reactive ketones (excluding diaryl/α,β-unsaturated/α-hetero) is 1. The Morgan fingerprint density at radius 3 is 2.76 bits per heavy atom. The summed E-state index contributed by atoms with van der Waals surface area (Å²) in [5, 5.41) is 0. The summed E-state index contributed by atoms with van der Waals surface area (Å²) in [6.45, 7) is 7.31. The average Bonchev–Trinajstić information content (AvgIpc) is 2.90. The highest BCUT2D eigenvalue weighted by Crippen LogP contribution is 2.37. The van der Waals surface area contributed by atoms with Gasteiger partial charge in [0.2, 0.25) is 0 Å². The number of rotatable bonds is 7. The number of carbonyl (C=O) groups is 1. The highest BCUT2D eigenvalue weighted by Gasteiger charge is 2.42. The van der Waals surface area contributed by atoms with Gasteiger partial charge >= 0.3 is 0 Å². The van der Waals surface area contributed by atoms with E-state index in [1.807, 2.05) is 0 Å². The average molecular weight is 297 g/mol. The van der Waals surface area contributed by atoms with E-state index in [0.717, 1.165) is 45.3 Å². The van der Waals surface area contributed by atoms with Crippen LogP contribution in [0.2, 0.25) is 0 Å². The summed E-state index contributed by atoms with van der Waals surface area (Å²) < 4.78 is 11.4. The van der Waals surface area contributed by atoms with Gasteiger partial charge in [-0.15, -0.1) is 0 Å². The molecule has 2 aliphatic heterocycles. The third kappa shape index (κ3) is 4.51. The molecule has 4 nitrogen and oxygen atoms in total. The van der Waals surface area contributed by atoms with Crippen LogP contribution in [0.25, 0.3) is 0 Å². The monoisotopic (exact) mass is 297 g/mol. The van der Waals surface area contributed by atoms with Gasteiger partial charge in [0.25, 0.3) is 0 Å². The lowest BCUT2D eigenvalue weighted by Gasteiger charge is -2.36. The fourth-order valence-electron chi connectivity index (χ4n) is 3.72. The smallest absolute Gasteiger partial charge is 0.136 e. The van der Waals surface area contributed by atoms with E-state index in [2.05, 4.69) is 13.8 Å². The van der Waals surface area contributed by atoms with Gasteiger partial charge in [-0.05, 0) is 44.1 Å². The molecule has 2 heterocycles. The van der Waals surface area contributed by atoms with Crippen molar-refractivity contribution in [2.75, 3.05) is 26.4 Å². The summed E-state index contributed by atoms with van der Waals surface area (Å²) >= 11 is 0. The standard InChI is InChI=1S/C17H31NO3/c1-13(2)14(5-8-18)3-4-16(19)15-6-9-21-17(11-15)7-10-20-12-17/h13-15H,3-12,18H2,1-2H3. The van der Waals surface area contributed by atoms with Crippen molar-refractivity contribution in [3.05, 3.63) is 0 Å². The molecule has 4 heteroatoms. The van der Waals surface area contributed by atoms with Crippen LogP contribution in [0.5, 0.6) is 0 Å². The van der Waals surface area contributed by atoms with Crippen molar-refractivity contribution in [2.24, 2.45) is 23.5 Å². The van der Waals surface area contributed by atoms with Crippen molar-refractivity contribution in [2.45, 2.75) is 58.0 Å². The molecule has 2 aliphatic rings. The summed E-state index contributed by atoms with van der Waals surface area (Å²) in [6.07, 6.45) is 5.38. The summed E-state index contributed by atoms with van der Waals surface area (Å²) in [4.78, 5) is 12.5. The molecule has 0 aromatic heterocycles. The molecule has 2 rings (SSSR count). The summed E-state index contributed by atoms with van der Waals surface area (Å²) in [7, 11) is 0. The van der Waals surface area contributed by atoms with Gasteiger partial charge in [-0.25, -0.2) is 0 Å². The topological polar surface area (TPSA) is 61.6 Å². The maximum atomic E-state index is 12.5. The Kier molecular flexibility index (Phi) is 6.20. The Morgan fingerprint density at radius 2 is 2.14 bits per heavy atom. The van der Waals surface area contributed by atoms with Crippen LogP contribution in [0, 0.1) is 17.8 Å². The maximum absolute atomic E-state index is 12.5. The van der Waals surface area contributed by atoms with Gasteiger partial charge in [0.15, 0.2) is 0 Å². The van der Waals surface area contributed by atoms with Crippen molar-refractivity contribution in [1.29, 1.82) is 0 Å². The Bertz CT molecular complexity index is 337. The normalized spacial score (nSPS) is 31.0. The second kappa shape index (κ2) is 7.70. The largest absolute Gasteiger partial charge is 0.378 e. The molecule has 0 radical (unpaired) electrons. The molecule has 0 aromatic carbocycles. The van der Waals surface area contributed by atoms with Crippen molar-refractivity contribution >= 4 is 5.78 Å². The van der Waals surface area contributed by atoms with E-state index < -0.39 is 0 Å². The van der Waals surface area contributed by atoms with Gasteiger partial charge in [-0.3, -0.25) is 4.79 Å². The quantitative estimate of drug-likeness (QED) is 0.784. The van der Waals surface area contributed by atoms with Gasteiger partial charge in [0.05, 0.1) is 12.2 Å². The fourth-order valence-corrected chi connectivity index (χ4v) is 3.72. The molecule has 3 unspecified atom stereocenters. The summed E-state index contributed by atoms with van der Waals surface area (Å²) in [6, 6.07) is 0. The Labute approximate surface area is 128 Å². The zero-order chi connectivity index (χ0) is 15.3. The first-order chi connectivity index (χ1) is 10.1. The van der Waals surface area contributed by atoms with Crippen LogP contribution in [0.3, 0.4) is 0 Å². The van der Waals surface area contributed by atoms with Crippen LogP contribution in [-0.2, 0) is 14.3 Å². The third-order valence-electron chi connectivity index (χ3n) is 5.26. The summed E-state index contributed by atoms with van der Waals surface area (Å²) in [5.74, 6) is 1.77. The van der Waals surface area contributed by atoms with E-state index in [9.17, 15) is 4.79 Å². The van der Waals surface area contributed by atoms with E-state index in [1.165, 1.54) is 0 Å². The Hall–Kier alpha value is -0.450. The lowest BCUT2D eigenvalue weighted by Crippen LogP contribution is -2.42. The van der Waals surface area contributed by atoms with Gasteiger partial charge in [0, 0.05) is 32.0 Å². The van der Waals surface area contributed by atoms with Crippen LogP contribution in [-0.4, -0.2) is 37.7 Å². The van der Waals surface area contributed by atoms with Crippen LogP contribution in [0.1, 0.15) is 52.4 Å². The van der Waals surface area contributed by atoms with Gasteiger partial charge < -0.3 is 15.2 Å². The molecule has 3 atom stereocenters. The van der Waals surface area contributed by atoms with E-state index in [0.29, 0.717) is 37.3 Å². The van der Waals surface area contributed by atoms with E-state index >= 15 is 0 Å². The van der Waals surface area contributed by atoms with Crippen LogP contribution >= 0.6 is 0 Å². The molecule has 2 saturated heterocycles. The van der Waals surface area contributed by atoms with Crippen LogP contribution in [0.15, 0.2) is 0 Å². The van der Waals surface area contributed by atoms with Crippen molar-refractivity contribution in [3.63, 3.8) is 0 Å². The number of hydrogen-bond acceptors (Lipinski definition) is 4. The Balaban J connectivity index is 1.82. The Morgan fingerprint density at radius 1 is 1.33 bits per heavy atom. The first kappa shape index (κ1) is 16.9. The van der Waals surface area contributed by atoms with Crippen molar-refractivity contribution in [3.8, 4) is 0 Å². The van der Waals surface area contributed by atoms with E-state index in [1.54, 1.807) is 0 Å². The second-order valence-electron chi connectivity index (χ2n) is 7.11. The molecule has 0 aromatic rings. The molecular formula is C17H31NO3. The number of ketones is 1. The molecular weight excluding hydrogens is 266 g/mol. The van der Waals surface area contributed by atoms with E-state index in [4.69, 9.17) is 15.2 Å². The molecule has 2 N–H and O–H groups in total. The van der Waals surface area contributed by atoms with E-state index in [-0.39, 0.29) is 11.5 Å². The highest BCUT2D eigenvalue weighted by molar-refractivity contribution is 5.81. The van der Waals surface area contributed by atoms with Gasteiger partial charge in [-0.2, -0.15) is 0 Å². The number of nitrogens with two attached hydrogens (primary N) is 1. The number of hydrogen-bond donors (Lipinski definition) is 1. The van der Waals surface area contributed by atoms with Gasteiger partial charge in [0.1, 0.15) is 5.78 Å². The zero-order valence-electron chi connectivity index (χ0n) is 13.6. The lowest BCUT2D eigenvalue weighted by molar-refractivity contribution is -0.137. The molecule has 0 amide bonds. The molecule has 122 valence electrons. The molecule has 0 bridgehead atoms. The minimum atomic E-state index is -0.159. The summed E-state index contributed by atoms with van der Waals surface area (Å²) in [5.41, 5.74) is 5.52. The predicted molar refractivity (Wildman–Crippen MR) is 83.1 cm³/mol. The third-order valence-corrected chi connectivity index (χ3v) is 5.26. The second-order valence-corrected chi connectivity index (χ2v) is 7.11. The minimum absolute atomic E-state index is 0.159. The van der Waals surface area contributed by atoms with Gasteiger partial charge in [-0.1, -0.05) is 13.8 Å². The van der Waals surface area contributed by atoms with Crippen molar-refractivity contribution < 1.29 is 14.3 Å².